The smallest absolute Gasteiger partial charge is 0.291 e. The Bertz CT molecular complexity index is 1300. The molecule has 3 aromatic rings. The summed E-state index contributed by atoms with van der Waals surface area (Å²) in [7, 11) is 1.38. The number of ether oxygens (including phenoxy) is 2. The summed E-state index contributed by atoms with van der Waals surface area (Å²) >= 11 is 0. The van der Waals surface area contributed by atoms with Crippen LogP contribution in [0.3, 0.4) is 0 Å². The van der Waals surface area contributed by atoms with Crippen molar-refractivity contribution >= 4 is 16.8 Å². The van der Waals surface area contributed by atoms with E-state index >= 15 is 0 Å². The highest BCUT2D eigenvalue weighted by atomic mass is 19.2. The first-order chi connectivity index (χ1) is 14.3. The maximum atomic E-state index is 14.3. The molecule has 1 atom stereocenters. The molecule has 3 aromatic carbocycles. The summed E-state index contributed by atoms with van der Waals surface area (Å²) < 4.78 is 52.1. The quantitative estimate of drug-likeness (QED) is 0.347. The third-order valence-corrected chi connectivity index (χ3v) is 4.80. The predicted molar refractivity (Wildman–Crippen MR) is 99.9 cm³/mol. The normalized spacial score (nSPS) is 15.0. The molecule has 0 saturated heterocycles. The molecule has 0 aliphatic carbocycles. The third kappa shape index (κ3) is 2.99. The fraction of sp³-hybridized carbons (Fsp3) is 0.0952. The fourth-order valence-electron chi connectivity index (χ4n) is 3.38. The maximum Gasteiger partial charge on any atom is 0.291 e. The molecule has 9 heteroatoms. The Hall–Kier alpha value is -4.06. The van der Waals surface area contributed by atoms with Crippen LogP contribution in [0.25, 0.3) is 16.8 Å². The van der Waals surface area contributed by atoms with E-state index in [0.29, 0.717) is 28.5 Å². The predicted octanol–water partition coefficient (Wildman–Crippen LogP) is 4.89. The van der Waals surface area contributed by atoms with Crippen molar-refractivity contribution in [3.8, 4) is 17.6 Å². The van der Waals surface area contributed by atoms with Crippen molar-refractivity contribution in [1.82, 2.24) is 0 Å². The summed E-state index contributed by atoms with van der Waals surface area (Å²) in [5, 5.41) is 22.0. The number of benzene rings is 3. The Morgan fingerprint density at radius 1 is 1.13 bits per heavy atom. The molecule has 0 radical (unpaired) electrons. The molecule has 1 heterocycles. The zero-order chi connectivity index (χ0) is 21.6. The van der Waals surface area contributed by atoms with Gasteiger partial charge in [0.1, 0.15) is 23.4 Å². The number of methoxy groups -OCH3 is 1. The zero-order valence-corrected chi connectivity index (χ0v) is 15.3. The van der Waals surface area contributed by atoms with E-state index in [-0.39, 0.29) is 17.1 Å². The lowest BCUT2D eigenvalue weighted by Crippen LogP contribution is -2.21. The second-order valence-electron chi connectivity index (χ2n) is 6.47. The molecule has 30 heavy (non-hydrogen) atoms. The topological polar surface area (TPSA) is 85.4 Å². The van der Waals surface area contributed by atoms with Gasteiger partial charge < -0.3 is 9.47 Å². The average molecular weight is 412 g/mol. The summed E-state index contributed by atoms with van der Waals surface area (Å²) in [6, 6.07) is 9.10. The van der Waals surface area contributed by atoms with E-state index in [9.17, 15) is 28.5 Å². The molecule has 0 saturated carbocycles. The molecule has 0 bridgehead atoms. The second kappa shape index (κ2) is 7.08. The van der Waals surface area contributed by atoms with Gasteiger partial charge in [-0.1, -0.05) is 6.07 Å². The van der Waals surface area contributed by atoms with E-state index in [0.717, 1.165) is 0 Å². The van der Waals surface area contributed by atoms with Crippen LogP contribution < -0.4 is 9.47 Å². The Balaban J connectivity index is 1.94. The van der Waals surface area contributed by atoms with Gasteiger partial charge in [-0.3, -0.25) is 10.1 Å². The first-order valence-electron chi connectivity index (χ1n) is 8.56. The second-order valence-corrected chi connectivity index (χ2v) is 6.47. The van der Waals surface area contributed by atoms with Crippen molar-refractivity contribution in [2.75, 3.05) is 7.11 Å². The van der Waals surface area contributed by atoms with Gasteiger partial charge in [-0.15, -0.1) is 0 Å². The first-order valence-corrected chi connectivity index (χ1v) is 8.56. The monoisotopic (exact) mass is 412 g/mol. The van der Waals surface area contributed by atoms with Gasteiger partial charge in [0.15, 0.2) is 11.6 Å². The van der Waals surface area contributed by atoms with Crippen LogP contribution in [-0.4, -0.2) is 12.0 Å². The maximum absolute atomic E-state index is 14.3. The number of nitro groups is 1. The van der Waals surface area contributed by atoms with E-state index in [1.54, 1.807) is 18.2 Å². The largest absolute Gasteiger partial charge is 0.495 e. The van der Waals surface area contributed by atoms with Gasteiger partial charge in [0.25, 0.3) is 5.70 Å². The average Bonchev–Trinajstić information content (AvgIpc) is 2.74. The van der Waals surface area contributed by atoms with Gasteiger partial charge in [0, 0.05) is 23.3 Å². The van der Waals surface area contributed by atoms with Gasteiger partial charge in [-0.2, -0.15) is 5.26 Å². The number of nitrogens with zero attached hydrogens (tertiary/aromatic N) is 2. The summed E-state index contributed by atoms with van der Waals surface area (Å²) in [4.78, 5) is 10.9. The first kappa shape index (κ1) is 19.3. The third-order valence-electron chi connectivity index (χ3n) is 4.80. The van der Waals surface area contributed by atoms with Crippen LogP contribution in [-0.2, 0) is 0 Å². The molecular formula is C21H11F3N2O4. The SMILES string of the molecule is COc1cc2c3c(ccc2cc1C#N)OC(c1cc(F)c(F)cc1F)C([N+](=O)[O-])=C3. The van der Waals surface area contributed by atoms with Crippen molar-refractivity contribution < 1.29 is 27.6 Å². The summed E-state index contributed by atoms with van der Waals surface area (Å²) in [5.41, 5.74) is -0.452. The summed E-state index contributed by atoms with van der Waals surface area (Å²) in [6.45, 7) is 0. The van der Waals surface area contributed by atoms with Gasteiger partial charge in [-0.05, 0) is 35.0 Å². The minimum Gasteiger partial charge on any atom is -0.495 e. The number of hydrogen-bond donors (Lipinski definition) is 0. The van der Waals surface area contributed by atoms with Gasteiger partial charge in [-0.25, -0.2) is 13.2 Å². The van der Waals surface area contributed by atoms with Crippen LogP contribution in [0.15, 0.2) is 42.1 Å². The van der Waals surface area contributed by atoms with Crippen LogP contribution in [0, 0.1) is 38.9 Å². The molecule has 0 fully saturated rings. The van der Waals surface area contributed by atoms with Crippen LogP contribution >= 0.6 is 0 Å². The van der Waals surface area contributed by atoms with Crippen molar-refractivity contribution in [2.24, 2.45) is 0 Å². The number of fused-ring (bicyclic) bond motifs is 3. The molecule has 1 unspecified atom stereocenters. The minimum atomic E-state index is -1.58. The Morgan fingerprint density at radius 2 is 1.87 bits per heavy atom. The molecule has 1 aliphatic rings. The molecule has 0 amide bonds. The van der Waals surface area contributed by atoms with E-state index < -0.39 is 39.7 Å². The number of hydrogen-bond acceptors (Lipinski definition) is 5. The van der Waals surface area contributed by atoms with Crippen molar-refractivity contribution in [3.63, 3.8) is 0 Å². The van der Waals surface area contributed by atoms with Crippen molar-refractivity contribution in [1.29, 1.82) is 5.26 Å². The summed E-state index contributed by atoms with van der Waals surface area (Å²) in [5.74, 6) is -3.49. The molecule has 0 spiro atoms. The molecule has 6 nitrogen and oxygen atoms in total. The summed E-state index contributed by atoms with van der Waals surface area (Å²) in [6.07, 6.45) is -0.391. The van der Waals surface area contributed by atoms with E-state index in [2.05, 4.69) is 0 Å². The van der Waals surface area contributed by atoms with Crippen LogP contribution in [0.2, 0.25) is 0 Å². The Kier molecular flexibility index (Phi) is 4.54. The van der Waals surface area contributed by atoms with Gasteiger partial charge in [0.2, 0.25) is 6.10 Å². The van der Waals surface area contributed by atoms with E-state index in [4.69, 9.17) is 9.47 Å². The lowest BCUT2D eigenvalue weighted by atomic mass is 9.95. The molecule has 0 aromatic heterocycles. The zero-order valence-electron chi connectivity index (χ0n) is 15.3. The molecule has 1 aliphatic heterocycles. The molecule has 150 valence electrons. The van der Waals surface area contributed by atoms with Crippen molar-refractivity contribution in [3.05, 3.63) is 86.4 Å². The lowest BCUT2D eigenvalue weighted by molar-refractivity contribution is -0.434. The highest BCUT2D eigenvalue weighted by Crippen LogP contribution is 2.42. The van der Waals surface area contributed by atoms with Crippen LogP contribution in [0.1, 0.15) is 22.8 Å². The minimum absolute atomic E-state index is 0.175. The number of halogens is 3. The van der Waals surface area contributed by atoms with E-state index in [1.807, 2.05) is 6.07 Å². The number of nitriles is 1. The number of rotatable bonds is 3. The van der Waals surface area contributed by atoms with Crippen LogP contribution in [0.5, 0.6) is 11.5 Å². The molecule has 0 N–H and O–H groups in total. The Morgan fingerprint density at radius 3 is 2.53 bits per heavy atom. The molecular weight excluding hydrogens is 401 g/mol. The highest BCUT2D eigenvalue weighted by Gasteiger charge is 2.36. The van der Waals surface area contributed by atoms with Gasteiger partial charge in [0.05, 0.1) is 17.6 Å². The highest BCUT2D eigenvalue weighted by molar-refractivity contribution is 5.96. The fourth-order valence-corrected chi connectivity index (χ4v) is 3.38. The van der Waals surface area contributed by atoms with Crippen molar-refractivity contribution in [2.45, 2.75) is 6.10 Å². The Labute approximate surface area is 167 Å². The van der Waals surface area contributed by atoms with E-state index in [1.165, 1.54) is 19.3 Å². The molecule has 4 rings (SSSR count). The standard InChI is InChI=1S/C21H11F3N2O4/c1-29-20-7-12-10(4-11(20)9-25)2-3-19-13(12)6-18(26(27)28)21(30-19)14-5-16(23)17(24)8-15(14)22/h2-8,21H,1H3. The van der Waals surface area contributed by atoms with Gasteiger partial charge >= 0.3 is 0 Å². The lowest BCUT2D eigenvalue weighted by Gasteiger charge is -2.24. The van der Waals surface area contributed by atoms with Crippen LogP contribution in [0.4, 0.5) is 13.2 Å².